The van der Waals surface area contributed by atoms with Crippen molar-refractivity contribution < 1.29 is 23.6 Å². The van der Waals surface area contributed by atoms with Crippen LogP contribution in [0.3, 0.4) is 0 Å². The molecule has 2 aromatic rings. The van der Waals surface area contributed by atoms with E-state index in [2.05, 4.69) is 17.4 Å². The van der Waals surface area contributed by atoms with Gasteiger partial charge >= 0.3 is 5.97 Å². The van der Waals surface area contributed by atoms with Gasteiger partial charge in [-0.3, -0.25) is 9.59 Å². The second-order valence-electron chi connectivity index (χ2n) is 6.83. The van der Waals surface area contributed by atoms with Gasteiger partial charge in [-0.1, -0.05) is 30.6 Å². The first kappa shape index (κ1) is 21.5. The summed E-state index contributed by atoms with van der Waals surface area (Å²) in [5.41, 5.74) is 2.53. The Morgan fingerprint density at radius 2 is 1.93 bits per heavy atom. The number of nitrogens with one attached hydrogen (secondary N) is 1. The van der Waals surface area contributed by atoms with Crippen LogP contribution in [0.2, 0.25) is 0 Å². The highest BCUT2D eigenvalue weighted by Crippen LogP contribution is 2.18. The Labute approximate surface area is 165 Å². The molecule has 0 aliphatic rings. The van der Waals surface area contributed by atoms with Gasteiger partial charge in [-0.15, -0.1) is 0 Å². The second-order valence-corrected chi connectivity index (χ2v) is 6.83. The lowest BCUT2D eigenvalue weighted by Crippen LogP contribution is -2.35. The van der Waals surface area contributed by atoms with Crippen molar-refractivity contribution in [2.75, 3.05) is 6.61 Å². The van der Waals surface area contributed by atoms with Gasteiger partial charge in [0, 0.05) is 6.04 Å². The van der Waals surface area contributed by atoms with E-state index in [0.717, 1.165) is 35.4 Å². The zero-order valence-electron chi connectivity index (χ0n) is 16.9. The molecule has 0 aliphatic heterocycles. The highest BCUT2D eigenvalue weighted by atomic mass is 16.5. The molecule has 1 amide bonds. The number of carbonyl (C=O) groups is 2. The maximum absolute atomic E-state index is 11.9. The predicted octanol–water partition coefficient (Wildman–Crippen LogP) is 3.26. The van der Waals surface area contributed by atoms with Crippen LogP contribution in [0, 0.1) is 13.8 Å². The number of nitrogens with zero attached hydrogens (tertiary/aromatic N) is 1. The van der Waals surface area contributed by atoms with E-state index >= 15 is 0 Å². The predicted molar refractivity (Wildman–Crippen MR) is 104 cm³/mol. The van der Waals surface area contributed by atoms with Crippen molar-refractivity contribution >= 4 is 11.9 Å². The average molecular weight is 388 g/mol. The van der Waals surface area contributed by atoms with Crippen molar-refractivity contribution in [2.24, 2.45) is 0 Å². The minimum absolute atomic E-state index is 0.0779. The molecule has 1 heterocycles. The molecule has 0 saturated carbocycles. The van der Waals surface area contributed by atoms with Gasteiger partial charge in [-0.2, -0.15) is 0 Å². The molecule has 0 bridgehead atoms. The third kappa shape index (κ3) is 6.72. The van der Waals surface area contributed by atoms with Gasteiger partial charge in [0.05, 0.1) is 17.7 Å². The molecule has 1 aromatic carbocycles. The number of benzene rings is 1. The SMILES string of the molecule is CCC[C@@H](C)NC(=O)COC(=O)Cc1ccc(OCc2c(C)noc2C)cc1. The highest BCUT2D eigenvalue weighted by Gasteiger charge is 2.12. The van der Waals surface area contributed by atoms with Gasteiger partial charge in [0.25, 0.3) is 5.91 Å². The van der Waals surface area contributed by atoms with Crippen LogP contribution in [-0.4, -0.2) is 29.7 Å². The van der Waals surface area contributed by atoms with Crippen LogP contribution in [0.5, 0.6) is 5.75 Å². The van der Waals surface area contributed by atoms with Gasteiger partial charge < -0.3 is 19.3 Å². The molecule has 1 N–H and O–H groups in total. The molecule has 1 aromatic heterocycles. The summed E-state index contributed by atoms with van der Waals surface area (Å²) in [7, 11) is 0. The van der Waals surface area contributed by atoms with E-state index in [1.165, 1.54) is 0 Å². The quantitative estimate of drug-likeness (QED) is 0.628. The Balaban J connectivity index is 1.75. The van der Waals surface area contributed by atoms with Gasteiger partial charge in [0.15, 0.2) is 6.61 Å². The molecule has 0 spiro atoms. The van der Waals surface area contributed by atoms with Crippen LogP contribution in [-0.2, 0) is 27.4 Å². The summed E-state index contributed by atoms with van der Waals surface area (Å²) in [4.78, 5) is 23.6. The van der Waals surface area contributed by atoms with Crippen molar-refractivity contribution in [1.82, 2.24) is 10.5 Å². The first-order valence-corrected chi connectivity index (χ1v) is 9.47. The van der Waals surface area contributed by atoms with E-state index in [0.29, 0.717) is 12.4 Å². The number of hydrogen-bond acceptors (Lipinski definition) is 6. The molecule has 2 rings (SSSR count). The molecule has 0 saturated heterocycles. The highest BCUT2D eigenvalue weighted by molar-refractivity contribution is 5.81. The summed E-state index contributed by atoms with van der Waals surface area (Å²) in [6.45, 7) is 7.81. The Kier molecular flexibility index (Phi) is 8.04. The van der Waals surface area contributed by atoms with E-state index in [4.69, 9.17) is 14.0 Å². The monoisotopic (exact) mass is 388 g/mol. The van der Waals surface area contributed by atoms with Crippen LogP contribution < -0.4 is 10.1 Å². The first-order chi connectivity index (χ1) is 13.4. The maximum Gasteiger partial charge on any atom is 0.310 e. The van der Waals surface area contributed by atoms with E-state index in [9.17, 15) is 9.59 Å². The van der Waals surface area contributed by atoms with Crippen molar-refractivity contribution in [3.63, 3.8) is 0 Å². The molecule has 0 fully saturated rings. The lowest BCUT2D eigenvalue weighted by Gasteiger charge is -2.12. The van der Waals surface area contributed by atoms with Gasteiger partial charge in [-0.25, -0.2) is 0 Å². The molecule has 0 radical (unpaired) electrons. The molecule has 28 heavy (non-hydrogen) atoms. The molecule has 7 nitrogen and oxygen atoms in total. The third-order valence-corrected chi connectivity index (χ3v) is 4.33. The fraction of sp³-hybridized carbons (Fsp3) is 0.476. The molecule has 0 unspecified atom stereocenters. The smallest absolute Gasteiger partial charge is 0.310 e. The van der Waals surface area contributed by atoms with Gasteiger partial charge in [0.2, 0.25) is 0 Å². The number of rotatable bonds is 10. The van der Waals surface area contributed by atoms with Crippen molar-refractivity contribution in [3.8, 4) is 5.75 Å². The summed E-state index contributed by atoms with van der Waals surface area (Å²) in [6.07, 6.45) is 1.98. The Morgan fingerprint density at radius 3 is 2.54 bits per heavy atom. The topological polar surface area (TPSA) is 90.7 Å². The fourth-order valence-corrected chi connectivity index (χ4v) is 2.75. The molecule has 0 aliphatic carbocycles. The van der Waals surface area contributed by atoms with Crippen molar-refractivity contribution in [3.05, 3.63) is 46.8 Å². The van der Waals surface area contributed by atoms with Gasteiger partial charge in [0.1, 0.15) is 18.1 Å². The number of hydrogen-bond donors (Lipinski definition) is 1. The van der Waals surface area contributed by atoms with Crippen LogP contribution in [0.25, 0.3) is 0 Å². The summed E-state index contributed by atoms with van der Waals surface area (Å²) >= 11 is 0. The standard InChI is InChI=1S/C21H28N2O5/c1-5-6-14(2)22-20(24)13-27-21(25)11-17-7-9-18(10-8-17)26-12-19-15(3)23-28-16(19)4/h7-10,14H,5-6,11-13H2,1-4H3,(H,22,24)/t14-/m1/s1. The molecular formula is C21H28N2O5. The maximum atomic E-state index is 11.9. The Bertz CT molecular complexity index is 763. The van der Waals surface area contributed by atoms with Gasteiger partial charge in [-0.05, 0) is 44.9 Å². The summed E-state index contributed by atoms with van der Waals surface area (Å²) in [5.74, 6) is 0.700. The summed E-state index contributed by atoms with van der Waals surface area (Å²) < 4.78 is 15.9. The number of amides is 1. The molecular weight excluding hydrogens is 360 g/mol. The largest absolute Gasteiger partial charge is 0.489 e. The number of aryl methyl sites for hydroxylation is 2. The zero-order valence-corrected chi connectivity index (χ0v) is 16.9. The number of aromatic nitrogens is 1. The second kappa shape index (κ2) is 10.5. The van der Waals surface area contributed by atoms with Crippen molar-refractivity contribution in [1.29, 1.82) is 0 Å². The number of esters is 1. The average Bonchev–Trinajstić information content (AvgIpc) is 2.97. The van der Waals surface area contributed by atoms with E-state index in [-0.39, 0.29) is 25.0 Å². The normalized spacial score (nSPS) is 11.7. The zero-order chi connectivity index (χ0) is 20.5. The number of ether oxygens (including phenoxy) is 2. The van der Waals surface area contributed by atoms with Crippen molar-refractivity contribution in [2.45, 2.75) is 59.6 Å². The molecule has 7 heteroatoms. The van der Waals surface area contributed by atoms with Crippen LogP contribution >= 0.6 is 0 Å². The first-order valence-electron chi connectivity index (χ1n) is 9.47. The Morgan fingerprint density at radius 1 is 1.21 bits per heavy atom. The van der Waals surface area contributed by atoms with Crippen LogP contribution in [0.4, 0.5) is 0 Å². The summed E-state index contributed by atoms with van der Waals surface area (Å²) in [5, 5.41) is 6.69. The minimum atomic E-state index is -0.442. The lowest BCUT2D eigenvalue weighted by molar-refractivity contribution is -0.148. The molecule has 152 valence electrons. The third-order valence-electron chi connectivity index (χ3n) is 4.33. The Hall–Kier alpha value is -2.83. The van der Waals surface area contributed by atoms with E-state index < -0.39 is 5.97 Å². The fourth-order valence-electron chi connectivity index (χ4n) is 2.75. The van der Waals surface area contributed by atoms with Crippen LogP contribution in [0.1, 0.15) is 49.3 Å². The number of carbonyl (C=O) groups excluding carboxylic acids is 2. The van der Waals surface area contributed by atoms with E-state index in [1.54, 1.807) is 24.3 Å². The molecule has 1 atom stereocenters. The van der Waals surface area contributed by atoms with Crippen LogP contribution in [0.15, 0.2) is 28.8 Å². The van der Waals surface area contributed by atoms with E-state index in [1.807, 2.05) is 20.8 Å². The lowest BCUT2D eigenvalue weighted by atomic mass is 10.1. The minimum Gasteiger partial charge on any atom is -0.489 e. The summed E-state index contributed by atoms with van der Waals surface area (Å²) in [6, 6.07) is 7.26.